The standard InChI is InChI=1S/C19H20N2O/c1-12-8-13(2)19(14(3)9-12)21-18(22)11-15-4-5-16-6-7-20-17(16)10-15/h4-10,20H,11H2,1-3H3,(H,21,22). The lowest BCUT2D eigenvalue weighted by molar-refractivity contribution is -0.115. The Bertz CT molecular complexity index is 823. The van der Waals surface area contributed by atoms with Crippen LogP contribution in [-0.2, 0) is 11.2 Å². The molecule has 1 heterocycles. The van der Waals surface area contributed by atoms with E-state index in [2.05, 4.69) is 29.4 Å². The normalized spacial score (nSPS) is 10.9. The van der Waals surface area contributed by atoms with Gasteiger partial charge in [-0.1, -0.05) is 29.8 Å². The molecule has 0 unspecified atom stereocenters. The summed E-state index contributed by atoms with van der Waals surface area (Å²) in [6, 6.07) is 12.3. The van der Waals surface area contributed by atoms with Crippen LogP contribution < -0.4 is 5.32 Å². The Kier molecular flexibility index (Phi) is 3.72. The monoisotopic (exact) mass is 292 g/mol. The minimum absolute atomic E-state index is 0.0148. The minimum Gasteiger partial charge on any atom is -0.361 e. The van der Waals surface area contributed by atoms with Gasteiger partial charge in [0.15, 0.2) is 0 Å². The molecular formula is C19H20N2O. The molecule has 0 atom stereocenters. The Labute approximate surface area is 130 Å². The summed E-state index contributed by atoms with van der Waals surface area (Å²) in [5.74, 6) is 0.0148. The summed E-state index contributed by atoms with van der Waals surface area (Å²) < 4.78 is 0. The van der Waals surface area contributed by atoms with Gasteiger partial charge in [-0.2, -0.15) is 0 Å². The fourth-order valence-corrected chi connectivity index (χ4v) is 2.95. The van der Waals surface area contributed by atoms with Crippen molar-refractivity contribution in [1.29, 1.82) is 0 Å². The first-order valence-corrected chi connectivity index (χ1v) is 7.46. The summed E-state index contributed by atoms with van der Waals surface area (Å²) in [5, 5.41) is 4.21. The maximum atomic E-state index is 12.3. The molecule has 0 saturated carbocycles. The lowest BCUT2D eigenvalue weighted by atomic mass is 10.0. The van der Waals surface area contributed by atoms with E-state index in [1.54, 1.807) is 0 Å². The number of hydrogen-bond acceptors (Lipinski definition) is 1. The summed E-state index contributed by atoms with van der Waals surface area (Å²) in [6.45, 7) is 6.12. The number of benzene rings is 2. The summed E-state index contributed by atoms with van der Waals surface area (Å²) in [7, 11) is 0. The molecule has 0 saturated heterocycles. The molecule has 1 aromatic heterocycles. The zero-order chi connectivity index (χ0) is 15.7. The smallest absolute Gasteiger partial charge is 0.228 e. The Morgan fingerprint density at radius 1 is 1.05 bits per heavy atom. The molecule has 2 aromatic carbocycles. The van der Waals surface area contributed by atoms with Gasteiger partial charge in [0, 0.05) is 17.4 Å². The van der Waals surface area contributed by atoms with Gasteiger partial charge in [0.1, 0.15) is 0 Å². The molecule has 3 heteroatoms. The lowest BCUT2D eigenvalue weighted by Crippen LogP contribution is -2.16. The van der Waals surface area contributed by atoms with Crippen LogP contribution in [0.15, 0.2) is 42.6 Å². The number of rotatable bonds is 3. The van der Waals surface area contributed by atoms with E-state index in [-0.39, 0.29) is 5.91 Å². The summed E-state index contributed by atoms with van der Waals surface area (Å²) in [6.07, 6.45) is 2.29. The van der Waals surface area contributed by atoms with E-state index in [0.29, 0.717) is 6.42 Å². The van der Waals surface area contributed by atoms with Gasteiger partial charge in [0.2, 0.25) is 5.91 Å². The highest BCUT2D eigenvalue weighted by molar-refractivity contribution is 5.94. The van der Waals surface area contributed by atoms with E-state index in [1.807, 2.05) is 44.3 Å². The molecule has 22 heavy (non-hydrogen) atoms. The molecule has 0 spiro atoms. The predicted octanol–water partition coefficient (Wildman–Crippen LogP) is 4.27. The van der Waals surface area contributed by atoms with Crippen molar-refractivity contribution in [2.24, 2.45) is 0 Å². The van der Waals surface area contributed by atoms with Gasteiger partial charge < -0.3 is 10.3 Å². The number of nitrogens with one attached hydrogen (secondary N) is 2. The van der Waals surface area contributed by atoms with Gasteiger partial charge >= 0.3 is 0 Å². The highest BCUT2D eigenvalue weighted by Crippen LogP contribution is 2.22. The number of aryl methyl sites for hydroxylation is 3. The first-order chi connectivity index (χ1) is 10.5. The van der Waals surface area contributed by atoms with Crippen LogP contribution in [0.2, 0.25) is 0 Å². The number of hydrogen-bond donors (Lipinski definition) is 2. The number of aromatic amines is 1. The molecule has 3 rings (SSSR count). The Hall–Kier alpha value is -2.55. The number of H-pyrrole nitrogens is 1. The molecule has 1 amide bonds. The average Bonchev–Trinajstić information content (AvgIpc) is 2.90. The number of fused-ring (bicyclic) bond motifs is 1. The quantitative estimate of drug-likeness (QED) is 0.743. The molecule has 0 aliphatic carbocycles. The molecule has 0 aliphatic rings. The van der Waals surface area contributed by atoms with Crippen molar-refractivity contribution in [2.75, 3.05) is 5.32 Å². The Morgan fingerprint density at radius 2 is 1.77 bits per heavy atom. The average molecular weight is 292 g/mol. The number of carbonyl (C=O) groups excluding carboxylic acids is 1. The van der Waals surface area contributed by atoms with Crippen LogP contribution in [0.1, 0.15) is 22.3 Å². The largest absolute Gasteiger partial charge is 0.361 e. The van der Waals surface area contributed by atoms with E-state index in [0.717, 1.165) is 33.3 Å². The molecular weight excluding hydrogens is 272 g/mol. The van der Waals surface area contributed by atoms with Crippen molar-refractivity contribution in [3.05, 3.63) is 64.8 Å². The third kappa shape index (κ3) is 2.89. The van der Waals surface area contributed by atoms with Crippen LogP contribution in [0.5, 0.6) is 0 Å². The summed E-state index contributed by atoms with van der Waals surface area (Å²) in [4.78, 5) is 15.5. The molecule has 0 radical (unpaired) electrons. The molecule has 2 N–H and O–H groups in total. The van der Waals surface area contributed by atoms with Crippen LogP contribution in [0.4, 0.5) is 5.69 Å². The van der Waals surface area contributed by atoms with Crippen LogP contribution in [0.3, 0.4) is 0 Å². The van der Waals surface area contributed by atoms with Crippen molar-refractivity contribution in [1.82, 2.24) is 4.98 Å². The van der Waals surface area contributed by atoms with Crippen LogP contribution in [0, 0.1) is 20.8 Å². The van der Waals surface area contributed by atoms with Crippen LogP contribution >= 0.6 is 0 Å². The van der Waals surface area contributed by atoms with Gasteiger partial charge in [0.25, 0.3) is 0 Å². The predicted molar refractivity (Wildman–Crippen MR) is 91.3 cm³/mol. The van der Waals surface area contributed by atoms with Gasteiger partial charge in [-0.15, -0.1) is 0 Å². The molecule has 0 aliphatic heterocycles. The van der Waals surface area contributed by atoms with E-state index in [9.17, 15) is 4.79 Å². The van der Waals surface area contributed by atoms with Gasteiger partial charge in [-0.25, -0.2) is 0 Å². The van der Waals surface area contributed by atoms with Crippen molar-refractivity contribution < 1.29 is 4.79 Å². The fraction of sp³-hybridized carbons (Fsp3) is 0.211. The maximum absolute atomic E-state index is 12.3. The Balaban J connectivity index is 1.77. The zero-order valence-electron chi connectivity index (χ0n) is 13.2. The van der Waals surface area contributed by atoms with E-state index in [1.165, 1.54) is 5.56 Å². The van der Waals surface area contributed by atoms with Gasteiger partial charge in [-0.05, 0) is 55.0 Å². The number of aromatic nitrogens is 1. The molecule has 3 aromatic rings. The first kappa shape index (κ1) is 14.4. The van der Waals surface area contributed by atoms with Gasteiger partial charge in [-0.3, -0.25) is 4.79 Å². The fourth-order valence-electron chi connectivity index (χ4n) is 2.95. The molecule has 0 fully saturated rings. The third-order valence-electron chi connectivity index (χ3n) is 3.93. The second-order valence-corrected chi connectivity index (χ2v) is 5.90. The molecule has 0 bridgehead atoms. The molecule has 3 nitrogen and oxygen atoms in total. The summed E-state index contributed by atoms with van der Waals surface area (Å²) >= 11 is 0. The summed E-state index contributed by atoms with van der Waals surface area (Å²) in [5.41, 5.74) is 6.42. The second kappa shape index (κ2) is 5.68. The zero-order valence-corrected chi connectivity index (χ0v) is 13.2. The Morgan fingerprint density at radius 3 is 2.50 bits per heavy atom. The lowest BCUT2D eigenvalue weighted by Gasteiger charge is -2.13. The number of carbonyl (C=O) groups is 1. The maximum Gasteiger partial charge on any atom is 0.228 e. The van der Waals surface area contributed by atoms with Crippen molar-refractivity contribution in [2.45, 2.75) is 27.2 Å². The highest BCUT2D eigenvalue weighted by Gasteiger charge is 2.09. The second-order valence-electron chi connectivity index (χ2n) is 5.90. The van der Waals surface area contributed by atoms with E-state index >= 15 is 0 Å². The van der Waals surface area contributed by atoms with E-state index < -0.39 is 0 Å². The minimum atomic E-state index is 0.0148. The van der Waals surface area contributed by atoms with Gasteiger partial charge in [0.05, 0.1) is 6.42 Å². The number of anilines is 1. The third-order valence-corrected chi connectivity index (χ3v) is 3.93. The highest BCUT2D eigenvalue weighted by atomic mass is 16.1. The molecule has 112 valence electrons. The van der Waals surface area contributed by atoms with Crippen molar-refractivity contribution >= 4 is 22.5 Å². The van der Waals surface area contributed by atoms with Crippen molar-refractivity contribution in [3.8, 4) is 0 Å². The van der Waals surface area contributed by atoms with Crippen LogP contribution in [-0.4, -0.2) is 10.9 Å². The van der Waals surface area contributed by atoms with Crippen LogP contribution in [0.25, 0.3) is 10.9 Å². The van der Waals surface area contributed by atoms with E-state index in [4.69, 9.17) is 0 Å². The first-order valence-electron chi connectivity index (χ1n) is 7.46. The van der Waals surface area contributed by atoms with Crippen molar-refractivity contribution in [3.63, 3.8) is 0 Å². The SMILES string of the molecule is Cc1cc(C)c(NC(=O)Cc2ccc3cc[nH]c3c2)c(C)c1. The topological polar surface area (TPSA) is 44.9 Å². The number of amides is 1.